The molecular weight excluding hydrogens is 292 g/mol. The Kier molecular flexibility index (Phi) is 6.47. The van der Waals surface area contributed by atoms with E-state index in [0.717, 1.165) is 50.3 Å². The quantitative estimate of drug-likeness (QED) is 0.586. The molecule has 0 aliphatic carbocycles. The topological polar surface area (TPSA) is 50.8 Å². The van der Waals surface area contributed by atoms with Gasteiger partial charge in [-0.1, -0.05) is 6.08 Å². The first-order chi connectivity index (χ1) is 11.2. The Morgan fingerprint density at radius 3 is 2.61 bits per heavy atom. The van der Waals surface area contributed by atoms with Crippen LogP contribution >= 0.6 is 0 Å². The maximum absolute atomic E-state index is 12.5. The van der Waals surface area contributed by atoms with E-state index in [1.54, 1.807) is 14.2 Å². The van der Waals surface area contributed by atoms with Crippen molar-refractivity contribution in [1.29, 1.82) is 0 Å². The van der Waals surface area contributed by atoms with E-state index in [2.05, 4.69) is 11.9 Å². The molecule has 5 heteroatoms. The van der Waals surface area contributed by atoms with Crippen molar-refractivity contribution < 1.29 is 14.3 Å². The zero-order valence-corrected chi connectivity index (χ0v) is 14.1. The van der Waals surface area contributed by atoms with Gasteiger partial charge in [-0.2, -0.15) is 0 Å². The monoisotopic (exact) mass is 318 g/mol. The summed E-state index contributed by atoms with van der Waals surface area (Å²) in [5.41, 5.74) is 2.21. The number of carbonyl (C=O) groups excluding carboxylic acids is 1. The summed E-state index contributed by atoms with van der Waals surface area (Å²) in [7, 11) is 3.25. The number of hydrogen-bond acceptors (Lipinski definition) is 4. The number of hydrogen-bond donors (Lipinski definition) is 1. The third kappa shape index (κ3) is 4.48. The van der Waals surface area contributed by atoms with Crippen LogP contribution in [0.2, 0.25) is 0 Å². The van der Waals surface area contributed by atoms with Crippen LogP contribution in [0.15, 0.2) is 24.8 Å². The Balaban J connectivity index is 2.01. The molecule has 1 N–H and O–H groups in total. The molecule has 0 radical (unpaired) electrons. The van der Waals surface area contributed by atoms with E-state index < -0.39 is 0 Å². The van der Waals surface area contributed by atoms with Gasteiger partial charge in [0.25, 0.3) is 0 Å². The minimum absolute atomic E-state index is 0.180. The maximum atomic E-state index is 12.5. The molecule has 1 aromatic rings. The van der Waals surface area contributed by atoms with Crippen LogP contribution < -0.4 is 14.8 Å². The summed E-state index contributed by atoms with van der Waals surface area (Å²) in [6.45, 7) is 6.91. The van der Waals surface area contributed by atoms with E-state index >= 15 is 0 Å². The predicted molar refractivity (Wildman–Crippen MR) is 91.2 cm³/mol. The lowest BCUT2D eigenvalue weighted by Crippen LogP contribution is -2.34. The molecule has 5 nitrogen and oxygen atoms in total. The highest BCUT2D eigenvalue weighted by molar-refractivity contribution is 5.80. The molecule has 0 fully saturated rings. The Bertz CT molecular complexity index is 557. The molecule has 0 aromatic heterocycles. The summed E-state index contributed by atoms with van der Waals surface area (Å²) in [6.07, 6.45) is 4.06. The van der Waals surface area contributed by atoms with E-state index in [4.69, 9.17) is 9.47 Å². The lowest BCUT2D eigenvalue weighted by Gasteiger charge is -2.20. The first-order valence-corrected chi connectivity index (χ1v) is 8.02. The van der Waals surface area contributed by atoms with Crippen LogP contribution in [0.5, 0.6) is 11.5 Å². The molecule has 0 spiro atoms. The van der Waals surface area contributed by atoms with Crippen molar-refractivity contribution in [2.75, 3.05) is 40.4 Å². The van der Waals surface area contributed by atoms with Gasteiger partial charge in [-0.15, -0.1) is 6.58 Å². The number of carbonyl (C=O) groups is 1. The third-order valence-electron chi connectivity index (χ3n) is 4.12. The van der Waals surface area contributed by atoms with Crippen LogP contribution in [0.25, 0.3) is 0 Å². The van der Waals surface area contributed by atoms with Crippen LogP contribution in [0, 0.1) is 0 Å². The summed E-state index contributed by atoms with van der Waals surface area (Å²) in [5, 5.41) is 3.26. The van der Waals surface area contributed by atoms with E-state index in [-0.39, 0.29) is 5.91 Å². The van der Waals surface area contributed by atoms with Gasteiger partial charge in [-0.25, -0.2) is 0 Å². The van der Waals surface area contributed by atoms with Gasteiger partial charge in [-0.05, 0) is 42.6 Å². The molecule has 2 rings (SSSR count). The third-order valence-corrected chi connectivity index (χ3v) is 4.12. The number of methoxy groups -OCH3 is 2. The van der Waals surface area contributed by atoms with E-state index in [0.29, 0.717) is 12.2 Å². The average molecular weight is 318 g/mol. The molecule has 126 valence electrons. The highest BCUT2D eigenvalue weighted by Gasteiger charge is 2.22. The second kappa shape index (κ2) is 8.58. The van der Waals surface area contributed by atoms with Crippen molar-refractivity contribution in [1.82, 2.24) is 10.2 Å². The van der Waals surface area contributed by atoms with Crippen LogP contribution in [-0.2, 0) is 17.6 Å². The molecule has 0 saturated heterocycles. The molecule has 1 aromatic carbocycles. The standard InChI is InChI=1S/C18H26N2O3/c1-4-7-19-8-5-9-20-10-6-14-11-16(22-2)17(23-3)12-15(14)13-18(20)21/h4,11-12,19H,1,5-10,13H2,2-3H3. The Hall–Kier alpha value is -2.01. The fourth-order valence-electron chi connectivity index (χ4n) is 2.85. The molecule has 0 saturated carbocycles. The average Bonchev–Trinajstić information content (AvgIpc) is 2.71. The van der Waals surface area contributed by atoms with Crippen molar-refractivity contribution in [3.05, 3.63) is 35.9 Å². The molecular formula is C18H26N2O3. The van der Waals surface area contributed by atoms with Gasteiger partial charge >= 0.3 is 0 Å². The van der Waals surface area contributed by atoms with Gasteiger partial charge in [0.1, 0.15) is 0 Å². The molecule has 1 aliphatic heterocycles. The molecule has 1 amide bonds. The molecule has 0 atom stereocenters. The minimum Gasteiger partial charge on any atom is -0.493 e. The van der Waals surface area contributed by atoms with Crippen LogP contribution in [-0.4, -0.2) is 51.2 Å². The molecule has 0 bridgehead atoms. The van der Waals surface area contributed by atoms with Crippen molar-refractivity contribution in [3.8, 4) is 11.5 Å². The van der Waals surface area contributed by atoms with Crippen LogP contribution in [0.3, 0.4) is 0 Å². The van der Waals surface area contributed by atoms with Crippen molar-refractivity contribution in [2.24, 2.45) is 0 Å². The lowest BCUT2D eigenvalue weighted by atomic mass is 10.0. The van der Waals surface area contributed by atoms with Crippen molar-refractivity contribution >= 4 is 5.91 Å². The zero-order valence-electron chi connectivity index (χ0n) is 14.1. The van der Waals surface area contributed by atoms with Gasteiger partial charge in [0, 0.05) is 19.6 Å². The summed E-state index contributed by atoms with van der Waals surface area (Å²) in [4.78, 5) is 14.4. The van der Waals surface area contributed by atoms with Crippen molar-refractivity contribution in [2.45, 2.75) is 19.3 Å². The summed E-state index contributed by atoms with van der Waals surface area (Å²) >= 11 is 0. The first kappa shape index (κ1) is 17.3. The number of nitrogens with one attached hydrogen (secondary N) is 1. The van der Waals surface area contributed by atoms with Gasteiger partial charge in [0.05, 0.1) is 20.6 Å². The normalized spacial score (nSPS) is 14.2. The van der Waals surface area contributed by atoms with Gasteiger partial charge < -0.3 is 19.7 Å². The molecule has 0 unspecified atom stereocenters. The molecule has 1 aliphatic rings. The highest BCUT2D eigenvalue weighted by atomic mass is 16.5. The smallest absolute Gasteiger partial charge is 0.227 e. The van der Waals surface area contributed by atoms with Gasteiger partial charge in [0.2, 0.25) is 5.91 Å². The number of ether oxygens (including phenoxy) is 2. The first-order valence-electron chi connectivity index (χ1n) is 8.02. The van der Waals surface area contributed by atoms with E-state index in [9.17, 15) is 4.79 Å². The maximum Gasteiger partial charge on any atom is 0.227 e. The zero-order chi connectivity index (χ0) is 16.7. The van der Waals surface area contributed by atoms with Crippen LogP contribution in [0.4, 0.5) is 0 Å². The van der Waals surface area contributed by atoms with Gasteiger partial charge in [-0.3, -0.25) is 4.79 Å². The number of amides is 1. The van der Waals surface area contributed by atoms with E-state index in [1.807, 2.05) is 23.1 Å². The number of nitrogens with zero attached hydrogens (tertiary/aromatic N) is 1. The van der Waals surface area contributed by atoms with Gasteiger partial charge in [0.15, 0.2) is 11.5 Å². The number of rotatable bonds is 8. The molecule has 23 heavy (non-hydrogen) atoms. The molecule has 1 heterocycles. The second-order valence-corrected chi connectivity index (χ2v) is 5.63. The number of fused-ring (bicyclic) bond motifs is 1. The Morgan fingerprint density at radius 2 is 1.96 bits per heavy atom. The summed E-state index contributed by atoms with van der Waals surface area (Å²) in [5.74, 6) is 1.58. The van der Waals surface area contributed by atoms with Crippen LogP contribution in [0.1, 0.15) is 17.5 Å². The summed E-state index contributed by atoms with van der Waals surface area (Å²) in [6, 6.07) is 3.93. The van der Waals surface area contributed by atoms with Crippen molar-refractivity contribution in [3.63, 3.8) is 0 Å². The fraction of sp³-hybridized carbons (Fsp3) is 0.500. The minimum atomic E-state index is 0.180. The summed E-state index contributed by atoms with van der Waals surface area (Å²) < 4.78 is 10.7. The van der Waals surface area contributed by atoms with E-state index in [1.165, 1.54) is 5.56 Å². The number of benzene rings is 1. The largest absolute Gasteiger partial charge is 0.493 e. The second-order valence-electron chi connectivity index (χ2n) is 5.63. The lowest BCUT2D eigenvalue weighted by molar-refractivity contribution is -0.130. The predicted octanol–water partition coefficient (Wildman–Crippen LogP) is 1.80. The highest BCUT2D eigenvalue weighted by Crippen LogP contribution is 2.32. The Morgan fingerprint density at radius 1 is 1.26 bits per heavy atom. The SMILES string of the molecule is C=CCNCCCN1CCc2cc(OC)c(OC)cc2CC1=O. The Labute approximate surface area is 138 Å². The fourth-order valence-corrected chi connectivity index (χ4v) is 2.85.